The Morgan fingerprint density at radius 2 is 2.00 bits per heavy atom. The highest BCUT2D eigenvalue weighted by Gasteiger charge is 2.15. The highest BCUT2D eigenvalue weighted by Crippen LogP contribution is 2.38. The molecule has 5 nitrogen and oxygen atoms in total. The molecule has 2 aromatic rings. The molecule has 98 valence electrons. The molecular formula is C14H14N2O3. The van der Waals surface area contributed by atoms with Gasteiger partial charge in [0.1, 0.15) is 25.6 Å². The molecule has 2 N–H and O–H groups in total. The molecule has 0 amide bonds. The zero-order valence-electron chi connectivity index (χ0n) is 10.3. The van der Waals surface area contributed by atoms with E-state index in [-0.39, 0.29) is 0 Å². The number of benzene rings is 1. The lowest BCUT2D eigenvalue weighted by Crippen LogP contribution is -2.15. The number of hydrogen-bond acceptors (Lipinski definition) is 5. The van der Waals surface area contributed by atoms with Crippen LogP contribution in [0.4, 0.5) is 5.69 Å². The molecule has 0 unspecified atom stereocenters. The highest BCUT2D eigenvalue weighted by atomic mass is 16.6. The monoisotopic (exact) mass is 258 g/mol. The molecule has 1 aromatic heterocycles. The third-order valence-corrected chi connectivity index (χ3v) is 2.79. The maximum Gasteiger partial charge on any atom is 0.165 e. The Balaban J connectivity index is 1.77. The second kappa shape index (κ2) is 5.06. The van der Waals surface area contributed by atoms with E-state index in [1.807, 2.05) is 12.1 Å². The number of fused-ring (bicyclic) bond motifs is 1. The number of nitrogens with zero attached hydrogens (tertiary/aromatic N) is 1. The quantitative estimate of drug-likeness (QED) is 0.853. The van der Waals surface area contributed by atoms with Gasteiger partial charge >= 0.3 is 0 Å². The minimum absolute atomic E-state index is 0.414. The first-order chi connectivity index (χ1) is 9.33. The van der Waals surface area contributed by atoms with Crippen molar-refractivity contribution in [2.24, 2.45) is 0 Å². The van der Waals surface area contributed by atoms with Crippen molar-refractivity contribution in [1.29, 1.82) is 0 Å². The molecule has 5 heteroatoms. The Labute approximate surface area is 110 Å². The summed E-state index contributed by atoms with van der Waals surface area (Å²) in [4.78, 5) is 4.03. The van der Waals surface area contributed by atoms with Gasteiger partial charge in [-0.1, -0.05) is 6.07 Å². The Bertz CT molecular complexity index is 572. The van der Waals surface area contributed by atoms with E-state index in [1.54, 1.807) is 24.5 Å². The average molecular weight is 258 g/mol. The molecule has 0 aliphatic carbocycles. The molecule has 1 aliphatic rings. The first-order valence-corrected chi connectivity index (χ1v) is 6.04. The first kappa shape index (κ1) is 11.6. The Kier molecular flexibility index (Phi) is 3.10. The van der Waals surface area contributed by atoms with Gasteiger partial charge in [0, 0.05) is 30.1 Å². The fraction of sp³-hybridized carbons (Fsp3) is 0.214. The molecule has 2 heterocycles. The van der Waals surface area contributed by atoms with E-state index in [4.69, 9.17) is 19.9 Å². The normalized spacial score (nSPS) is 13.1. The van der Waals surface area contributed by atoms with Crippen molar-refractivity contribution in [1.82, 2.24) is 4.98 Å². The van der Waals surface area contributed by atoms with Gasteiger partial charge < -0.3 is 19.9 Å². The molecule has 19 heavy (non-hydrogen) atoms. The molecule has 0 spiro atoms. The smallest absolute Gasteiger partial charge is 0.165 e. The van der Waals surface area contributed by atoms with Crippen LogP contribution in [0.1, 0.15) is 5.56 Å². The van der Waals surface area contributed by atoms with Crippen molar-refractivity contribution in [3.8, 4) is 17.2 Å². The lowest BCUT2D eigenvalue weighted by molar-refractivity contribution is 0.170. The van der Waals surface area contributed by atoms with Gasteiger partial charge in [-0.15, -0.1) is 0 Å². The number of nitrogen functional groups attached to an aromatic ring is 1. The van der Waals surface area contributed by atoms with Crippen molar-refractivity contribution >= 4 is 5.69 Å². The largest absolute Gasteiger partial charge is 0.487 e. The molecule has 0 saturated heterocycles. The van der Waals surface area contributed by atoms with E-state index in [0.717, 1.165) is 5.56 Å². The fourth-order valence-electron chi connectivity index (χ4n) is 1.86. The van der Waals surface area contributed by atoms with E-state index in [9.17, 15) is 0 Å². The molecule has 3 rings (SSSR count). The zero-order chi connectivity index (χ0) is 13.1. The van der Waals surface area contributed by atoms with Crippen LogP contribution in [0.15, 0.2) is 36.7 Å². The van der Waals surface area contributed by atoms with Crippen LogP contribution in [0.25, 0.3) is 0 Å². The summed E-state index contributed by atoms with van der Waals surface area (Å²) in [7, 11) is 0. The average Bonchev–Trinajstić information content (AvgIpc) is 2.46. The predicted molar refractivity (Wildman–Crippen MR) is 70.4 cm³/mol. The Hall–Kier alpha value is -2.43. The third kappa shape index (κ3) is 2.54. The van der Waals surface area contributed by atoms with Crippen LogP contribution in [0.3, 0.4) is 0 Å². The molecule has 0 radical (unpaired) electrons. The minimum Gasteiger partial charge on any atom is -0.487 e. The van der Waals surface area contributed by atoms with E-state index in [0.29, 0.717) is 42.8 Å². The summed E-state index contributed by atoms with van der Waals surface area (Å²) in [6, 6.07) is 7.31. The van der Waals surface area contributed by atoms with Gasteiger partial charge in [-0.3, -0.25) is 4.98 Å². The van der Waals surface area contributed by atoms with Crippen LogP contribution >= 0.6 is 0 Å². The lowest BCUT2D eigenvalue weighted by Gasteiger charge is -2.20. The van der Waals surface area contributed by atoms with Gasteiger partial charge in [0.2, 0.25) is 0 Å². The van der Waals surface area contributed by atoms with E-state index < -0.39 is 0 Å². The maximum atomic E-state index is 5.93. The fourth-order valence-corrected chi connectivity index (χ4v) is 1.86. The van der Waals surface area contributed by atoms with Gasteiger partial charge in [-0.25, -0.2) is 0 Å². The summed E-state index contributed by atoms with van der Waals surface area (Å²) >= 11 is 0. The second-order valence-electron chi connectivity index (χ2n) is 4.18. The number of aromatic nitrogens is 1. The van der Waals surface area contributed by atoms with E-state index >= 15 is 0 Å². The van der Waals surface area contributed by atoms with E-state index in [1.165, 1.54) is 0 Å². The third-order valence-electron chi connectivity index (χ3n) is 2.79. The van der Waals surface area contributed by atoms with Crippen molar-refractivity contribution in [2.75, 3.05) is 18.9 Å². The molecular weight excluding hydrogens is 244 g/mol. The Morgan fingerprint density at radius 1 is 1.21 bits per heavy atom. The van der Waals surface area contributed by atoms with Gasteiger partial charge in [0.25, 0.3) is 0 Å². The SMILES string of the molecule is Nc1cc2c(cc1OCc1cccnc1)OCCO2. The molecule has 0 fully saturated rings. The zero-order valence-corrected chi connectivity index (χ0v) is 10.3. The number of ether oxygens (including phenoxy) is 3. The van der Waals surface area contributed by atoms with Crippen molar-refractivity contribution in [3.05, 3.63) is 42.2 Å². The number of rotatable bonds is 3. The molecule has 1 aromatic carbocycles. The van der Waals surface area contributed by atoms with Gasteiger partial charge in [0.05, 0.1) is 5.69 Å². The summed E-state index contributed by atoms with van der Waals surface area (Å²) in [5.74, 6) is 1.92. The standard InChI is InChI=1S/C14H14N2O3/c15-11-6-13-14(18-5-4-17-13)7-12(11)19-9-10-2-1-3-16-8-10/h1-3,6-8H,4-5,9,15H2. The minimum atomic E-state index is 0.414. The van der Waals surface area contributed by atoms with Gasteiger partial charge in [-0.2, -0.15) is 0 Å². The van der Waals surface area contributed by atoms with Crippen LogP contribution in [-0.2, 0) is 6.61 Å². The van der Waals surface area contributed by atoms with Crippen LogP contribution in [0, 0.1) is 0 Å². The number of anilines is 1. The predicted octanol–water partition coefficient (Wildman–Crippen LogP) is 2.01. The lowest BCUT2D eigenvalue weighted by atomic mass is 10.2. The summed E-state index contributed by atoms with van der Waals surface area (Å²) in [5.41, 5.74) is 7.45. The maximum absolute atomic E-state index is 5.93. The number of nitrogens with two attached hydrogens (primary N) is 1. The van der Waals surface area contributed by atoms with Crippen LogP contribution < -0.4 is 19.9 Å². The summed E-state index contributed by atoms with van der Waals surface area (Å²) in [5, 5.41) is 0. The van der Waals surface area contributed by atoms with Gasteiger partial charge in [0.15, 0.2) is 11.5 Å². The Morgan fingerprint density at radius 3 is 2.74 bits per heavy atom. The summed E-state index contributed by atoms with van der Waals surface area (Å²) < 4.78 is 16.6. The van der Waals surface area contributed by atoms with Crippen molar-refractivity contribution in [3.63, 3.8) is 0 Å². The first-order valence-electron chi connectivity index (χ1n) is 6.04. The van der Waals surface area contributed by atoms with Crippen molar-refractivity contribution < 1.29 is 14.2 Å². The number of hydrogen-bond donors (Lipinski definition) is 1. The van der Waals surface area contributed by atoms with Crippen molar-refractivity contribution in [2.45, 2.75) is 6.61 Å². The molecule has 0 saturated carbocycles. The summed E-state index contributed by atoms with van der Waals surface area (Å²) in [6.45, 7) is 1.50. The molecule has 0 atom stereocenters. The van der Waals surface area contributed by atoms with Crippen LogP contribution in [0.2, 0.25) is 0 Å². The topological polar surface area (TPSA) is 66.6 Å². The van der Waals surface area contributed by atoms with E-state index in [2.05, 4.69) is 4.98 Å². The second-order valence-corrected chi connectivity index (χ2v) is 4.18. The van der Waals surface area contributed by atoms with Crippen LogP contribution in [0.5, 0.6) is 17.2 Å². The van der Waals surface area contributed by atoms with Crippen LogP contribution in [-0.4, -0.2) is 18.2 Å². The molecule has 1 aliphatic heterocycles. The molecule has 0 bridgehead atoms. The number of pyridine rings is 1. The highest BCUT2D eigenvalue weighted by molar-refractivity contribution is 5.62. The summed E-state index contributed by atoms with van der Waals surface area (Å²) in [6.07, 6.45) is 3.48. The van der Waals surface area contributed by atoms with Gasteiger partial charge in [-0.05, 0) is 6.07 Å².